The summed E-state index contributed by atoms with van der Waals surface area (Å²) >= 11 is 1.17. The molecule has 0 aliphatic carbocycles. The van der Waals surface area contributed by atoms with Crippen LogP contribution in [0.3, 0.4) is 0 Å². The molecule has 35 heavy (non-hydrogen) atoms. The first-order valence-corrected chi connectivity index (χ1v) is 12.4. The van der Waals surface area contributed by atoms with Crippen LogP contribution >= 0.6 is 11.3 Å². The topological polar surface area (TPSA) is 79.7 Å². The number of aryl methyl sites for hydroxylation is 3. The standard InChI is InChI=1S/C27H28N2O5S/c1-3-20-10-12-22(13-11-20)32-15-7-14-29-18-28-25-23(26(29)30)19(2)24(35-25)27(31)34-17-16-33-21-8-5-4-6-9-21/h4-6,8-13,18H,3,7,14-17H2,1-2H3. The number of hydrogen-bond acceptors (Lipinski definition) is 7. The van der Waals surface area contributed by atoms with Gasteiger partial charge in [0.2, 0.25) is 0 Å². The molecule has 0 saturated carbocycles. The van der Waals surface area contributed by atoms with E-state index in [1.54, 1.807) is 11.5 Å². The second-order valence-corrected chi connectivity index (χ2v) is 8.98. The number of esters is 1. The lowest BCUT2D eigenvalue weighted by molar-refractivity contribution is 0.0455. The zero-order valence-corrected chi connectivity index (χ0v) is 20.7. The third kappa shape index (κ3) is 6.08. The molecule has 8 heteroatoms. The van der Waals surface area contributed by atoms with E-state index in [9.17, 15) is 9.59 Å². The third-order valence-corrected chi connectivity index (χ3v) is 6.75. The molecule has 0 amide bonds. The van der Waals surface area contributed by atoms with Gasteiger partial charge in [0.1, 0.15) is 34.4 Å². The van der Waals surface area contributed by atoms with Crippen LogP contribution in [0.2, 0.25) is 0 Å². The Balaban J connectivity index is 1.33. The minimum Gasteiger partial charge on any atom is -0.494 e. The summed E-state index contributed by atoms with van der Waals surface area (Å²) in [4.78, 5) is 31.0. The van der Waals surface area contributed by atoms with Crippen LogP contribution in [-0.2, 0) is 17.7 Å². The molecule has 0 fully saturated rings. The first-order chi connectivity index (χ1) is 17.1. The van der Waals surface area contributed by atoms with E-state index in [4.69, 9.17) is 14.2 Å². The highest BCUT2D eigenvalue weighted by Gasteiger charge is 2.20. The number of rotatable bonds is 11. The molecule has 4 rings (SSSR count). The van der Waals surface area contributed by atoms with E-state index in [0.29, 0.717) is 46.0 Å². The maximum atomic E-state index is 13.1. The van der Waals surface area contributed by atoms with Gasteiger partial charge in [-0.05, 0) is 55.2 Å². The highest BCUT2D eigenvalue weighted by atomic mass is 32.1. The van der Waals surface area contributed by atoms with Gasteiger partial charge in [-0.1, -0.05) is 37.3 Å². The van der Waals surface area contributed by atoms with Crippen molar-refractivity contribution >= 4 is 27.5 Å². The number of carbonyl (C=O) groups is 1. The van der Waals surface area contributed by atoms with Crippen molar-refractivity contribution < 1.29 is 19.0 Å². The summed E-state index contributed by atoms with van der Waals surface area (Å²) in [7, 11) is 0. The summed E-state index contributed by atoms with van der Waals surface area (Å²) in [5.41, 5.74) is 1.69. The van der Waals surface area contributed by atoms with Gasteiger partial charge in [-0.15, -0.1) is 11.3 Å². The Morgan fingerprint density at radius 2 is 1.69 bits per heavy atom. The fourth-order valence-electron chi connectivity index (χ4n) is 3.64. The number of aromatic nitrogens is 2. The van der Waals surface area contributed by atoms with Crippen LogP contribution in [-0.4, -0.2) is 35.3 Å². The number of fused-ring (bicyclic) bond motifs is 1. The van der Waals surface area contributed by atoms with Crippen molar-refractivity contribution in [3.63, 3.8) is 0 Å². The van der Waals surface area contributed by atoms with Crippen molar-refractivity contribution in [2.24, 2.45) is 0 Å². The molecule has 2 aromatic heterocycles. The minimum absolute atomic E-state index is 0.111. The van der Waals surface area contributed by atoms with Crippen LogP contribution in [0.1, 0.15) is 34.1 Å². The van der Waals surface area contributed by atoms with Crippen LogP contribution in [0.15, 0.2) is 65.7 Å². The van der Waals surface area contributed by atoms with Gasteiger partial charge < -0.3 is 14.2 Å². The maximum absolute atomic E-state index is 13.1. The number of hydrogen-bond donors (Lipinski definition) is 0. The molecule has 0 N–H and O–H groups in total. The van der Waals surface area contributed by atoms with Crippen molar-refractivity contribution in [1.82, 2.24) is 9.55 Å². The van der Waals surface area contributed by atoms with Crippen LogP contribution in [0, 0.1) is 6.92 Å². The lowest BCUT2D eigenvalue weighted by Crippen LogP contribution is -2.21. The fraction of sp³-hybridized carbons (Fsp3) is 0.296. The van der Waals surface area contributed by atoms with E-state index >= 15 is 0 Å². The van der Waals surface area contributed by atoms with Crippen molar-refractivity contribution in [3.8, 4) is 11.5 Å². The molecule has 0 aliphatic rings. The molecule has 0 unspecified atom stereocenters. The Morgan fingerprint density at radius 1 is 0.971 bits per heavy atom. The highest BCUT2D eigenvalue weighted by Crippen LogP contribution is 2.27. The second kappa shape index (κ2) is 11.7. The van der Waals surface area contributed by atoms with Gasteiger partial charge in [0.25, 0.3) is 5.56 Å². The molecule has 0 bridgehead atoms. The van der Waals surface area contributed by atoms with Gasteiger partial charge >= 0.3 is 5.97 Å². The van der Waals surface area contributed by atoms with E-state index in [0.717, 1.165) is 12.2 Å². The van der Waals surface area contributed by atoms with Gasteiger partial charge in [-0.25, -0.2) is 9.78 Å². The lowest BCUT2D eigenvalue weighted by atomic mass is 10.2. The minimum atomic E-state index is -0.476. The predicted molar refractivity (Wildman–Crippen MR) is 137 cm³/mol. The lowest BCUT2D eigenvalue weighted by Gasteiger charge is -2.08. The number of para-hydroxylation sites is 1. The molecule has 0 saturated heterocycles. The average molecular weight is 493 g/mol. The van der Waals surface area contributed by atoms with E-state index in [1.165, 1.54) is 23.2 Å². The Bertz CT molecular complexity index is 1330. The van der Waals surface area contributed by atoms with Crippen LogP contribution in [0.5, 0.6) is 11.5 Å². The normalized spacial score (nSPS) is 10.9. The summed E-state index contributed by atoms with van der Waals surface area (Å²) in [5.74, 6) is 1.05. The highest BCUT2D eigenvalue weighted by molar-refractivity contribution is 7.20. The van der Waals surface area contributed by atoms with Gasteiger partial charge in [0.05, 0.1) is 18.3 Å². The summed E-state index contributed by atoms with van der Waals surface area (Å²) in [5, 5.41) is 0.459. The molecule has 0 atom stereocenters. The van der Waals surface area contributed by atoms with Gasteiger partial charge in [0.15, 0.2) is 0 Å². The molecular formula is C27H28N2O5S. The van der Waals surface area contributed by atoms with Crippen molar-refractivity contribution in [3.05, 3.63) is 87.3 Å². The Morgan fingerprint density at radius 3 is 2.43 bits per heavy atom. The summed E-state index contributed by atoms with van der Waals surface area (Å²) in [6.45, 7) is 5.19. The van der Waals surface area contributed by atoms with Crippen molar-refractivity contribution in [1.29, 1.82) is 0 Å². The van der Waals surface area contributed by atoms with Gasteiger partial charge in [-0.2, -0.15) is 0 Å². The summed E-state index contributed by atoms with van der Waals surface area (Å²) in [6, 6.07) is 17.4. The monoisotopic (exact) mass is 492 g/mol. The zero-order valence-electron chi connectivity index (χ0n) is 19.9. The molecule has 0 spiro atoms. The molecular weight excluding hydrogens is 464 g/mol. The Kier molecular flexibility index (Phi) is 8.15. The second-order valence-electron chi connectivity index (χ2n) is 7.98. The largest absolute Gasteiger partial charge is 0.494 e. The first kappa shape index (κ1) is 24.5. The van der Waals surface area contributed by atoms with Gasteiger partial charge in [-0.3, -0.25) is 9.36 Å². The predicted octanol–water partition coefficient (Wildman–Crippen LogP) is 5.03. The molecule has 2 heterocycles. The number of thiophene rings is 1. The van der Waals surface area contributed by atoms with Crippen LogP contribution in [0.4, 0.5) is 0 Å². The van der Waals surface area contributed by atoms with E-state index < -0.39 is 5.97 Å². The molecule has 182 valence electrons. The Hall–Kier alpha value is -3.65. The smallest absolute Gasteiger partial charge is 0.348 e. The van der Waals surface area contributed by atoms with Crippen molar-refractivity contribution in [2.75, 3.05) is 19.8 Å². The average Bonchev–Trinajstić information content (AvgIpc) is 3.23. The van der Waals surface area contributed by atoms with Crippen LogP contribution in [0.25, 0.3) is 10.2 Å². The third-order valence-electron chi connectivity index (χ3n) is 5.57. The number of ether oxygens (including phenoxy) is 3. The van der Waals surface area contributed by atoms with Crippen LogP contribution < -0.4 is 15.0 Å². The summed E-state index contributed by atoms with van der Waals surface area (Å²) in [6.07, 6.45) is 3.17. The molecule has 7 nitrogen and oxygen atoms in total. The quantitative estimate of drug-likeness (QED) is 0.216. The molecule has 0 aliphatic heterocycles. The van der Waals surface area contributed by atoms with E-state index in [2.05, 4.69) is 24.0 Å². The number of nitrogens with zero attached hydrogens (tertiary/aromatic N) is 2. The molecule has 2 aromatic carbocycles. The van der Waals surface area contributed by atoms with E-state index in [1.807, 2.05) is 42.5 Å². The van der Waals surface area contributed by atoms with Gasteiger partial charge in [0, 0.05) is 6.54 Å². The molecule has 4 aromatic rings. The SMILES string of the molecule is CCc1ccc(OCCCn2cnc3sc(C(=O)OCCOc4ccccc4)c(C)c3c2=O)cc1. The van der Waals surface area contributed by atoms with E-state index in [-0.39, 0.29) is 18.8 Å². The fourth-order valence-corrected chi connectivity index (χ4v) is 4.67. The zero-order chi connectivity index (χ0) is 24.6. The maximum Gasteiger partial charge on any atom is 0.348 e. The molecule has 0 radical (unpaired) electrons. The first-order valence-electron chi connectivity index (χ1n) is 11.6. The summed E-state index contributed by atoms with van der Waals surface area (Å²) < 4.78 is 18.3. The Labute approximate surface area is 207 Å². The number of benzene rings is 2. The number of carbonyl (C=O) groups excluding carboxylic acids is 1. The van der Waals surface area contributed by atoms with Crippen molar-refractivity contribution in [2.45, 2.75) is 33.2 Å².